The monoisotopic (exact) mass is 341 g/mol. The van der Waals surface area contributed by atoms with Crippen molar-refractivity contribution in [3.05, 3.63) is 59.7 Å². The Morgan fingerprint density at radius 1 is 1.21 bits per heavy atom. The van der Waals surface area contributed by atoms with Crippen LogP contribution in [0.5, 0.6) is 5.75 Å². The van der Waals surface area contributed by atoms with Gasteiger partial charge >= 0.3 is 0 Å². The first kappa shape index (κ1) is 16.9. The lowest BCUT2D eigenvalue weighted by Crippen LogP contribution is -2.30. The Hall–Kier alpha value is -1.94. The number of carbonyl (C=O) groups excluding carboxylic acids is 1. The number of thioether (sulfide) groups is 1. The molecular formula is C20H23NO2S. The van der Waals surface area contributed by atoms with E-state index >= 15 is 0 Å². The molecule has 1 heterocycles. The molecule has 2 aromatic carbocycles. The highest BCUT2D eigenvalue weighted by Crippen LogP contribution is 2.35. The lowest BCUT2D eigenvalue weighted by Gasteiger charge is -2.25. The van der Waals surface area contributed by atoms with Gasteiger partial charge in [-0.05, 0) is 43.5 Å². The van der Waals surface area contributed by atoms with Crippen LogP contribution in [0.1, 0.15) is 36.4 Å². The summed E-state index contributed by atoms with van der Waals surface area (Å²) in [5, 5.41) is 3.17. The zero-order chi connectivity index (χ0) is 16.8. The van der Waals surface area contributed by atoms with E-state index in [1.54, 1.807) is 0 Å². The van der Waals surface area contributed by atoms with Gasteiger partial charge in [0.2, 0.25) is 5.91 Å². The maximum atomic E-state index is 12.2. The number of amides is 1. The molecule has 0 saturated heterocycles. The topological polar surface area (TPSA) is 38.3 Å². The van der Waals surface area contributed by atoms with Crippen molar-refractivity contribution in [1.29, 1.82) is 0 Å². The van der Waals surface area contributed by atoms with Gasteiger partial charge in [0.05, 0.1) is 12.6 Å². The summed E-state index contributed by atoms with van der Waals surface area (Å²) in [7, 11) is 0. The van der Waals surface area contributed by atoms with E-state index in [0.717, 1.165) is 24.3 Å². The summed E-state index contributed by atoms with van der Waals surface area (Å²) in [6, 6.07) is 16.5. The molecule has 0 unspecified atom stereocenters. The second-order valence-corrected chi connectivity index (χ2v) is 7.20. The molecule has 1 N–H and O–H groups in total. The van der Waals surface area contributed by atoms with Crippen molar-refractivity contribution in [2.75, 3.05) is 12.4 Å². The van der Waals surface area contributed by atoms with Gasteiger partial charge in [0.15, 0.2) is 0 Å². The fourth-order valence-corrected chi connectivity index (χ4v) is 3.94. The smallest absolute Gasteiger partial charge is 0.220 e. The number of carbonyl (C=O) groups is 1. The lowest BCUT2D eigenvalue weighted by molar-refractivity contribution is -0.122. The Labute approximate surface area is 147 Å². The van der Waals surface area contributed by atoms with Crippen LogP contribution < -0.4 is 10.1 Å². The van der Waals surface area contributed by atoms with Gasteiger partial charge in [-0.2, -0.15) is 0 Å². The van der Waals surface area contributed by atoms with Gasteiger partial charge in [-0.25, -0.2) is 0 Å². The van der Waals surface area contributed by atoms with E-state index < -0.39 is 0 Å². The number of ether oxygens (including phenoxy) is 1. The predicted octanol–water partition coefficient (Wildman–Crippen LogP) is 4.51. The van der Waals surface area contributed by atoms with Crippen LogP contribution in [0.3, 0.4) is 0 Å². The van der Waals surface area contributed by atoms with Crippen LogP contribution in [0.2, 0.25) is 0 Å². The number of hydrogen-bond donors (Lipinski definition) is 1. The van der Waals surface area contributed by atoms with E-state index in [9.17, 15) is 4.79 Å². The minimum Gasteiger partial charge on any atom is -0.494 e. The second-order valence-electron chi connectivity index (χ2n) is 6.06. The number of hydrogen-bond acceptors (Lipinski definition) is 3. The Kier molecular flexibility index (Phi) is 5.81. The van der Waals surface area contributed by atoms with Crippen LogP contribution in [0.15, 0.2) is 53.4 Å². The van der Waals surface area contributed by atoms with Gasteiger partial charge in [-0.3, -0.25) is 4.79 Å². The highest BCUT2D eigenvalue weighted by atomic mass is 32.2. The molecule has 126 valence electrons. The molecule has 4 heteroatoms. The Bertz CT molecular complexity index is 684. The first-order valence-corrected chi connectivity index (χ1v) is 9.41. The molecular weight excluding hydrogens is 318 g/mol. The van der Waals surface area contributed by atoms with Crippen molar-refractivity contribution in [3.63, 3.8) is 0 Å². The number of rotatable bonds is 6. The summed E-state index contributed by atoms with van der Waals surface area (Å²) in [6.07, 6.45) is 2.22. The molecule has 1 aliphatic heterocycles. The minimum atomic E-state index is 0.106. The fraction of sp³-hybridized carbons (Fsp3) is 0.350. The van der Waals surface area contributed by atoms with E-state index in [1.807, 2.05) is 42.1 Å². The average Bonchev–Trinajstić information content (AvgIpc) is 2.61. The molecule has 0 radical (unpaired) electrons. The Morgan fingerprint density at radius 3 is 2.83 bits per heavy atom. The van der Waals surface area contributed by atoms with Crippen molar-refractivity contribution in [1.82, 2.24) is 5.32 Å². The molecule has 0 fully saturated rings. The fourth-order valence-electron chi connectivity index (χ4n) is 2.82. The summed E-state index contributed by atoms with van der Waals surface area (Å²) in [4.78, 5) is 13.5. The molecule has 3 rings (SSSR count). The highest BCUT2D eigenvalue weighted by Gasteiger charge is 2.21. The number of benzene rings is 2. The first-order chi connectivity index (χ1) is 11.7. The zero-order valence-electron chi connectivity index (χ0n) is 14.0. The minimum absolute atomic E-state index is 0.106. The molecule has 1 aliphatic rings. The van der Waals surface area contributed by atoms with Gasteiger partial charge in [-0.1, -0.05) is 35.9 Å². The molecule has 2 aromatic rings. The molecule has 0 spiro atoms. The van der Waals surface area contributed by atoms with E-state index in [-0.39, 0.29) is 11.9 Å². The quantitative estimate of drug-likeness (QED) is 0.786. The number of aryl methyl sites for hydroxylation is 1. The molecule has 3 nitrogen and oxygen atoms in total. The summed E-state index contributed by atoms with van der Waals surface area (Å²) < 4.78 is 5.67. The average molecular weight is 341 g/mol. The molecule has 1 amide bonds. The summed E-state index contributed by atoms with van der Waals surface area (Å²) in [5.41, 5.74) is 2.46. The van der Waals surface area contributed by atoms with Crippen LogP contribution in [-0.4, -0.2) is 18.3 Å². The van der Waals surface area contributed by atoms with Crippen LogP contribution in [-0.2, 0) is 4.79 Å². The van der Waals surface area contributed by atoms with E-state index in [0.29, 0.717) is 13.0 Å². The highest BCUT2D eigenvalue weighted by molar-refractivity contribution is 7.99. The second kappa shape index (κ2) is 8.25. The summed E-state index contributed by atoms with van der Waals surface area (Å²) in [6.45, 7) is 2.61. The van der Waals surface area contributed by atoms with Gasteiger partial charge in [0, 0.05) is 17.1 Å². The van der Waals surface area contributed by atoms with Crippen molar-refractivity contribution in [2.45, 2.75) is 37.1 Å². The molecule has 0 aromatic heterocycles. The van der Waals surface area contributed by atoms with E-state index in [2.05, 4.69) is 30.4 Å². The van der Waals surface area contributed by atoms with Gasteiger partial charge in [0.25, 0.3) is 0 Å². The van der Waals surface area contributed by atoms with Crippen molar-refractivity contribution in [2.24, 2.45) is 0 Å². The van der Waals surface area contributed by atoms with Crippen molar-refractivity contribution < 1.29 is 9.53 Å². The largest absolute Gasteiger partial charge is 0.494 e. The number of fused-ring (bicyclic) bond motifs is 1. The Balaban J connectivity index is 1.42. The van der Waals surface area contributed by atoms with E-state index in [1.165, 1.54) is 16.0 Å². The van der Waals surface area contributed by atoms with Crippen LogP contribution in [0.4, 0.5) is 0 Å². The normalized spacial score (nSPS) is 16.3. The van der Waals surface area contributed by atoms with Crippen LogP contribution in [0.25, 0.3) is 0 Å². The molecule has 24 heavy (non-hydrogen) atoms. The maximum Gasteiger partial charge on any atom is 0.220 e. The first-order valence-electron chi connectivity index (χ1n) is 8.43. The van der Waals surface area contributed by atoms with E-state index in [4.69, 9.17) is 4.74 Å². The third-order valence-electron chi connectivity index (χ3n) is 4.13. The maximum absolute atomic E-state index is 12.2. The standard InChI is InChI=1S/C20H23NO2S/c1-15-8-10-16(11-9-15)23-13-4-7-20(22)21-18-12-14-24-19-6-3-2-5-17(18)19/h2-3,5-6,8-11,18H,4,7,12-14H2,1H3,(H,21,22)/t18-/m1/s1. The summed E-state index contributed by atoms with van der Waals surface area (Å²) >= 11 is 1.87. The van der Waals surface area contributed by atoms with Gasteiger partial charge in [0.1, 0.15) is 5.75 Å². The zero-order valence-corrected chi connectivity index (χ0v) is 14.8. The molecule has 1 atom stereocenters. The van der Waals surface area contributed by atoms with Crippen molar-refractivity contribution in [3.8, 4) is 5.75 Å². The van der Waals surface area contributed by atoms with Crippen LogP contribution in [0, 0.1) is 6.92 Å². The molecule has 0 saturated carbocycles. The SMILES string of the molecule is Cc1ccc(OCCCC(=O)N[C@@H]2CCSc3ccccc32)cc1. The van der Waals surface area contributed by atoms with Crippen LogP contribution >= 0.6 is 11.8 Å². The molecule has 0 aliphatic carbocycles. The van der Waals surface area contributed by atoms with Gasteiger partial charge in [-0.15, -0.1) is 11.8 Å². The molecule has 0 bridgehead atoms. The lowest BCUT2D eigenvalue weighted by atomic mass is 10.0. The third kappa shape index (κ3) is 4.54. The predicted molar refractivity (Wildman–Crippen MR) is 98.6 cm³/mol. The van der Waals surface area contributed by atoms with Crippen molar-refractivity contribution >= 4 is 17.7 Å². The van der Waals surface area contributed by atoms with Gasteiger partial charge < -0.3 is 10.1 Å². The third-order valence-corrected chi connectivity index (χ3v) is 5.25. The summed E-state index contributed by atoms with van der Waals surface area (Å²) in [5.74, 6) is 2.02. The number of nitrogens with one attached hydrogen (secondary N) is 1. The Morgan fingerprint density at radius 2 is 2.00 bits per heavy atom.